The quantitative estimate of drug-likeness (QED) is 0.539. The molecule has 0 bridgehead atoms. The van der Waals surface area contributed by atoms with Gasteiger partial charge in [0.15, 0.2) is 0 Å². The molecule has 6 nitrogen and oxygen atoms in total. The van der Waals surface area contributed by atoms with Crippen LogP contribution in [0.2, 0.25) is 0 Å². The summed E-state index contributed by atoms with van der Waals surface area (Å²) in [7, 11) is 2.00. The van der Waals surface area contributed by atoms with Crippen molar-refractivity contribution in [3.05, 3.63) is 95.1 Å². The number of hydrogen-bond donors (Lipinski definition) is 1. The van der Waals surface area contributed by atoms with Crippen molar-refractivity contribution in [1.29, 1.82) is 0 Å². The number of nitrogens with one attached hydrogen (secondary N) is 1. The van der Waals surface area contributed by atoms with Gasteiger partial charge in [-0.15, -0.1) is 0 Å². The SMILES string of the molecule is Cc1ccc(CNC(=O)CN2C(=O)c3ccccc3[C@H]2c2cn(C)c3ccccc23)o1. The molecule has 0 aliphatic carbocycles. The first-order valence-corrected chi connectivity index (χ1v) is 10.3. The molecule has 6 heteroatoms. The molecule has 4 aromatic rings. The molecule has 3 heterocycles. The highest BCUT2D eigenvalue weighted by atomic mass is 16.3. The van der Waals surface area contributed by atoms with Crippen LogP contribution < -0.4 is 5.32 Å². The third-order valence-electron chi connectivity index (χ3n) is 5.85. The Morgan fingerprint density at radius 2 is 1.81 bits per heavy atom. The fourth-order valence-electron chi connectivity index (χ4n) is 4.44. The van der Waals surface area contributed by atoms with Crippen molar-refractivity contribution in [2.75, 3.05) is 6.54 Å². The van der Waals surface area contributed by atoms with E-state index in [1.54, 1.807) is 4.90 Å². The summed E-state index contributed by atoms with van der Waals surface area (Å²) >= 11 is 0. The molecule has 2 aromatic heterocycles. The van der Waals surface area contributed by atoms with Gasteiger partial charge >= 0.3 is 0 Å². The van der Waals surface area contributed by atoms with Crippen molar-refractivity contribution in [3.8, 4) is 0 Å². The Labute approximate surface area is 180 Å². The summed E-state index contributed by atoms with van der Waals surface area (Å²) < 4.78 is 7.58. The van der Waals surface area contributed by atoms with Gasteiger partial charge in [-0.05, 0) is 36.8 Å². The van der Waals surface area contributed by atoms with Crippen LogP contribution in [0.5, 0.6) is 0 Å². The number of rotatable bonds is 5. The number of carbonyl (C=O) groups excluding carboxylic acids is 2. The Bertz CT molecular complexity index is 1300. The Hall–Kier alpha value is -3.80. The number of carbonyl (C=O) groups is 2. The molecule has 0 spiro atoms. The van der Waals surface area contributed by atoms with Crippen molar-refractivity contribution in [2.24, 2.45) is 7.05 Å². The number of para-hydroxylation sites is 1. The molecule has 2 aromatic carbocycles. The maximum Gasteiger partial charge on any atom is 0.255 e. The van der Waals surface area contributed by atoms with Crippen molar-refractivity contribution in [1.82, 2.24) is 14.8 Å². The molecule has 0 unspecified atom stereocenters. The van der Waals surface area contributed by atoms with Crippen LogP contribution in [0.4, 0.5) is 0 Å². The van der Waals surface area contributed by atoms with E-state index in [1.807, 2.05) is 62.5 Å². The van der Waals surface area contributed by atoms with Gasteiger partial charge in [-0.25, -0.2) is 0 Å². The number of fused-ring (bicyclic) bond motifs is 2. The number of furan rings is 1. The third-order valence-corrected chi connectivity index (χ3v) is 5.85. The molecule has 1 aliphatic heterocycles. The van der Waals surface area contributed by atoms with E-state index < -0.39 is 0 Å². The third kappa shape index (κ3) is 3.30. The first-order valence-electron chi connectivity index (χ1n) is 10.3. The average molecular weight is 413 g/mol. The molecule has 0 saturated heterocycles. The van der Waals surface area contributed by atoms with E-state index in [1.165, 1.54) is 0 Å². The normalized spacial score (nSPS) is 15.5. The first kappa shape index (κ1) is 19.2. The second-order valence-corrected chi connectivity index (χ2v) is 7.92. The minimum atomic E-state index is -0.314. The number of benzene rings is 2. The van der Waals surface area contributed by atoms with Crippen LogP contribution in [0.25, 0.3) is 10.9 Å². The van der Waals surface area contributed by atoms with E-state index in [2.05, 4.69) is 28.2 Å². The Balaban J connectivity index is 1.48. The summed E-state index contributed by atoms with van der Waals surface area (Å²) in [4.78, 5) is 27.7. The first-order chi connectivity index (χ1) is 15.0. The smallest absolute Gasteiger partial charge is 0.255 e. The van der Waals surface area contributed by atoms with Crippen LogP contribution in [0.15, 0.2) is 71.3 Å². The zero-order chi connectivity index (χ0) is 21.5. The number of aromatic nitrogens is 1. The predicted molar refractivity (Wildman–Crippen MR) is 118 cm³/mol. The van der Waals surface area contributed by atoms with Crippen molar-refractivity contribution in [2.45, 2.75) is 19.5 Å². The van der Waals surface area contributed by atoms with E-state index in [0.717, 1.165) is 27.8 Å². The standard InChI is InChI=1S/C25H23N3O3/c1-16-11-12-17(31-16)13-26-23(29)15-28-24(19-8-3-4-9-20(19)25(28)30)21-14-27(2)22-10-6-5-7-18(21)22/h3-12,14,24H,13,15H2,1-2H3,(H,26,29)/t24-/m0/s1. The second kappa shape index (κ2) is 7.47. The predicted octanol–water partition coefficient (Wildman–Crippen LogP) is 3.94. The van der Waals surface area contributed by atoms with E-state index in [9.17, 15) is 9.59 Å². The molecule has 1 N–H and O–H groups in total. The van der Waals surface area contributed by atoms with Crippen LogP contribution >= 0.6 is 0 Å². The molecule has 31 heavy (non-hydrogen) atoms. The van der Waals surface area contributed by atoms with E-state index in [-0.39, 0.29) is 24.4 Å². The molecule has 1 atom stereocenters. The summed E-state index contributed by atoms with van der Waals surface area (Å²) in [5.41, 5.74) is 3.69. The van der Waals surface area contributed by atoms with Crippen LogP contribution in [0, 0.1) is 6.92 Å². The van der Waals surface area contributed by atoms with E-state index in [4.69, 9.17) is 4.42 Å². The van der Waals surface area contributed by atoms with Gasteiger partial charge in [-0.1, -0.05) is 36.4 Å². The van der Waals surface area contributed by atoms with E-state index >= 15 is 0 Å². The highest BCUT2D eigenvalue weighted by Crippen LogP contribution is 2.41. The lowest BCUT2D eigenvalue weighted by Gasteiger charge is -2.25. The minimum absolute atomic E-state index is 0.0267. The van der Waals surface area contributed by atoms with Crippen LogP contribution in [0.3, 0.4) is 0 Å². The van der Waals surface area contributed by atoms with Gasteiger partial charge in [0, 0.05) is 35.3 Å². The van der Waals surface area contributed by atoms with Crippen LogP contribution in [0.1, 0.15) is 39.0 Å². The Morgan fingerprint density at radius 1 is 1.03 bits per heavy atom. The van der Waals surface area contributed by atoms with Gasteiger partial charge in [-0.3, -0.25) is 9.59 Å². The number of hydrogen-bond acceptors (Lipinski definition) is 3. The Kier molecular flexibility index (Phi) is 4.62. The molecule has 0 fully saturated rings. The lowest BCUT2D eigenvalue weighted by molar-refractivity contribution is -0.122. The number of amides is 2. The van der Waals surface area contributed by atoms with Gasteiger partial charge in [0.2, 0.25) is 5.91 Å². The fourth-order valence-corrected chi connectivity index (χ4v) is 4.44. The number of aryl methyl sites for hydroxylation is 2. The van der Waals surface area contributed by atoms with Gasteiger partial charge in [0.05, 0.1) is 12.6 Å². The van der Waals surface area contributed by atoms with Gasteiger partial charge in [0.1, 0.15) is 18.1 Å². The summed E-state index contributed by atoms with van der Waals surface area (Å²) in [6, 6.07) is 19.1. The monoisotopic (exact) mass is 413 g/mol. The van der Waals surface area contributed by atoms with Crippen molar-refractivity contribution >= 4 is 22.7 Å². The minimum Gasteiger partial charge on any atom is -0.465 e. The molecule has 5 rings (SSSR count). The second-order valence-electron chi connectivity index (χ2n) is 7.92. The molecule has 2 amide bonds. The zero-order valence-electron chi connectivity index (χ0n) is 17.5. The average Bonchev–Trinajstić information content (AvgIpc) is 3.42. The lowest BCUT2D eigenvalue weighted by Crippen LogP contribution is -2.39. The molecule has 156 valence electrons. The number of nitrogens with zero attached hydrogens (tertiary/aromatic N) is 2. The molecule has 1 aliphatic rings. The highest BCUT2D eigenvalue weighted by molar-refractivity contribution is 6.02. The molecule has 0 radical (unpaired) electrons. The lowest BCUT2D eigenvalue weighted by atomic mass is 9.97. The van der Waals surface area contributed by atoms with E-state index in [0.29, 0.717) is 17.9 Å². The van der Waals surface area contributed by atoms with Crippen LogP contribution in [-0.4, -0.2) is 27.8 Å². The Morgan fingerprint density at radius 3 is 2.61 bits per heavy atom. The fraction of sp³-hybridized carbons (Fsp3) is 0.200. The van der Waals surface area contributed by atoms with Crippen molar-refractivity contribution in [3.63, 3.8) is 0 Å². The van der Waals surface area contributed by atoms with Gasteiger partial charge in [0.25, 0.3) is 5.91 Å². The van der Waals surface area contributed by atoms with Crippen molar-refractivity contribution < 1.29 is 14.0 Å². The molecule has 0 saturated carbocycles. The molecular weight excluding hydrogens is 390 g/mol. The topological polar surface area (TPSA) is 67.5 Å². The summed E-state index contributed by atoms with van der Waals surface area (Å²) in [6.45, 7) is 2.13. The molecular formula is C25H23N3O3. The zero-order valence-corrected chi connectivity index (χ0v) is 17.5. The maximum absolute atomic E-state index is 13.3. The highest BCUT2D eigenvalue weighted by Gasteiger charge is 2.39. The summed E-state index contributed by atoms with van der Waals surface area (Å²) in [5.74, 6) is 1.14. The van der Waals surface area contributed by atoms with Crippen LogP contribution in [-0.2, 0) is 18.4 Å². The van der Waals surface area contributed by atoms with Gasteiger partial charge in [-0.2, -0.15) is 0 Å². The summed E-state index contributed by atoms with van der Waals surface area (Å²) in [5, 5.41) is 3.95. The maximum atomic E-state index is 13.3. The van der Waals surface area contributed by atoms with Gasteiger partial charge < -0.3 is 19.2 Å². The summed E-state index contributed by atoms with van der Waals surface area (Å²) in [6.07, 6.45) is 2.06. The largest absolute Gasteiger partial charge is 0.465 e.